The molecule has 0 radical (unpaired) electrons. The van der Waals surface area contributed by atoms with Gasteiger partial charge in [-0.3, -0.25) is 5.10 Å². The number of hydrogen-bond donors (Lipinski definition) is 2. The van der Waals surface area contributed by atoms with Crippen LogP contribution in [0.5, 0.6) is 28.9 Å². The Hall–Kier alpha value is -4.32. The van der Waals surface area contributed by atoms with Crippen LogP contribution in [-0.2, 0) is 0 Å². The van der Waals surface area contributed by atoms with E-state index in [1.165, 1.54) is 0 Å². The SMILES string of the molecule is CCCOc1ccc([C@H]2C(C#N)=C(N)Oc3n[nH]c(-c4ccc(OCC)c(OC)c4)c32)cc1OCC. The lowest BCUT2D eigenvalue weighted by Gasteiger charge is -2.25. The molecule has 1 aliphatic rings. The predicted molar refractivity (Wildman–Crippen MR) is 134 cm³/mol. The summed E-state index contributed by atoms with van der Waals surface area (Å²) >= 11 is 0. The Balaban J connectivity index is 1.86. The van der Waals surface area contributed by atoms with Crippen LogP contribution in [0.1, 0.15) is 44.2 Å². The van der Waals surface area contributed by atoms with Crippen LogP contribution < -0.4 is 29.4 Å². The van der Waals surface area contributed by atoms with Gasteiger partial charge in [0.25, 0.3) is 0 Å². The molecule has 0 bridgehead atoms. The molecule has 4 rings (SSSR count). The Bertz CT molecular complexity index is 1310. The highest BCUT2D eigenvalue weighted by molar-refractivity contribution is 5.73. The molecule has 0 fully saturated rings. The van der Waals surface area contributed by atoms with Crippen LogP contribution in [0.25, 0.3) is 11.3 Å². The van der Waals surface area contributed by atoms with Gasteiger partial charge in [0.15, 0.2) is 23.0 Å². The zero-order valence-electron chi connectivity index (χ0n) is 20.9. The van der Waals surface area contributed by atoms with E-state index in [2.05, 4.69) is 16.3 Å². The molecule has 0 spiro atoms. The number of allylic oxidation sites excluding steroid dienone is 1. The van der Waals surface area contributed by atoms with Crippen molar-refractivity contribution < 1.29 is 23.7 Å². The molecule has 1 aromatic heterocycles. The predicted octanol–water partition coefficient (Wildman–Crippen LogP) is 4.89. The summed E-state index contributed by atoms with van der Waals surface area (Å²) in [5.41, 5.74) is 9.41. The fourth-order valence-corrected chi connectivity index (χ4v) is 4.20. The third kappa shape index (κ3) is 4.62. The number of H-pyrrole nitrogens is 1. The Morgan fingerprint density at radius 1 is 1.00 bits per heavy atom. The maximum absolute atomic E-state index is 10.0. The molecule has 2 heterocycles. The van der Waals surface area contributed by atoms with E-state index in [9.17, 15) is 5.26 Å². The molecular formula is C27H30N4O5. The zero-order chi connectivity index (χ0) is 25.7. The van der Waals surface area contributed by atoms with Crippen molar-refractivity contribution in [2.24, 2.45) is 5.73 Å². The van der Waals surface area contributed by atoms with Crippen LogP contribution in [0.2, 0.25) is 0 Å². The van der Waals surface area contributed by atoms with Gasteiger partial charge in [-0.2, -0.15) is 5.26 Å². The van der Waals surface area contributed by atoms with Crippen LogP contribution in [0.3, 0.4) is 0 Å². The van der Waals surface area contributed by atoms with Crippen molar-refractivity contribution in [2.75, 3.05) is 26.9 Å². The second kappa shape index (κ2) is 11.0. The molecule has 3 N–H and O–H groups in total. The number of nitriles is 1. The van der Waals surface area contributed by atoms with Gasteiger partial charge >= 0.3 is 0 Å². The van der Waals surface area contributed by atoms with E-state index >= 15 is 0 Å². The van der Waals surface area contributed by atoms with Gasteiger partial charge < -0.3 is 29.4 Å². The molecule has 1 atom stereocenters. The summed E-state index contributed by atoms with van der Waals surface area (Å²) in [6.07, 6.45) is 0.873. The third-order valence-electron chi connectivity index (χ3n) is 5.75. The summed E-state index contributed by atoms with van der Waals surface area (Å²) in [7, 11) is 1.59. The van der Waals surface area contributed by atoms with Gasteiger partial charge in [0.2, 0.25) is 11.8 Å². The van der Waals surface area contributed by atoms with Crippen molar-refractivity contribution in [1.82, 2.24) is 10.2 Å². The first kappa shape index (κ1) is 24.8. The van der Waals surface area contributed by atoms with Crippen molar-refractivity contribution in [1.29, 1.82) is 5.26 Å². The lowest BCUT2D eigenvalue weighted by Crippen LogP contribution is -2.21. The zero-order valence-corrected chi connectivity index (χ0v) is 20.9. The van der Waals surface area contributed by atoms with E-state index < -0.39 is 5.92 Å². The number of rotatable bonds is 10. The highest BCUT2D eigenvalue weighted by atomic mass is 16.5. The second-order valence-electron chi connectivity index (χ2n) is 8.03. The highest BCUT2D eigenvalue weighted by Gasteiger charge is 2.36. The summed E-state index contributed by atoms with van der Waals surface area (Å²) in [6, 6.07) is 13.5. The van der Waals surface area contributed by atoms with Crippen LogP contribution in [0.15, 0.2) is 47.9 Å². The molecule has 1 aliphatic heterocycles. The Morgan fingerprint density at radius 3 is 2.42 bits per heavy atom. The van der Waals surface area contributed by atoms with Crippen molar-refractivity contribution in [2.45, 2.75) is 33.1 Å². The first-order chi connectivity index (χ1) is 17.6. The molecule has 0 aliphatic carbocycles. The fourth-order valence-electron chi connectivity index (χ4n) is 4.20. The molecule has 9 heteroatoms. The average molecular weight is 491 g/mol. The smallest absolute Gasteiger partial charge is 0.244 e. The Labute approximate surface area is 210 Å². The third-order valence-corrected chi connectivity index (χ3v) is 5.75. The van der Waals surface area contributed by atoms with Crippen LogP contribution in [0.4, 0.5) is 0 Å². The molecular weight excluding hydrogens is 460 g/mol. The molecule has 36 heavy (non-hydrogen) atoms. The average Bonchev–Trinajstić information content (AvgIpc) is 3.31. The number of nitrogens with two attached hydrogens (primary N) is 1. The number of methoxy groups -OCH3 is 1. The van der Waals surface area contributed by atoms with Crippen LogP contribution in [-0.4, -0.2) is 37.1 Å². The van der Waals surface area contributed by atoms with Crippen molar-refractivity contribution in [3.05, 3.63) is 59.0 Å². The summed E-state index contributed by atoms with van der Waals surface area (Å²) < 4.78 is 28.7. The monoisotopic (exact) mass is 490 g/mol. The number of aromatic amines is 1. The van der Waals surface area contributed by atoms with Gasteiger partial charge in [0, 0.05) is 5.56 Å². The minimum Gasteiger partial charge on any atom is -0.493 e. The quantitative estimate of drug-likeness (QED) is 0.412. The van der Waals surface area contributed by atoms with E-state index in [-0.39, 0.29) is 11.5 Å². The lowest BCUT2D eigenvalue weighted by atomic mass is 9.83. The van der Waals surface area contributed by atoms with Crippen LogP contribution >= 0.6 is 0 Å². The summed E-state index contributed by atoms with van der Waals surface area (Å²) in [6.45, 7) is 7.42. The van der Waals surface area contributed by atoms with E-state index in [1.807, 2.05) is 57.2 Å². The standard InChI is InChI=1S/C27H30N4O5/c1-5-12-35-20-10-8-16(13-22(20)34-7-3)23-18(15-28)26(29)36-27-24(23)25(30-31-27)17-9-11-19(33-6-2)21(14-17)32-4/h8-11,13-14,23H,5-7,12,29H2,1-4H3,(H,30,31)/t23-/m0/s1. The lowest BCUT2D eigenvalue weighted by molar-refractivity contribution is 0.276. The molecule has 9 nitrogen and oxygen atoms in total. The van der Waals surface area contributed by atoms with E-state index in [0.717, 1.165) is 17.5 Å². The van der Waals surface area contributed by atoms with E-state index in [1.54, 1.807) is 7.11 Å². The molecule has 0 unspecified atom stereocenters. The van der Waals surface area contributed by atoms with Crippen LogP contribution in [0, 0.1) is 11.3 Å². The number of fused-ring (bicyclic) bond motifs is 1. The molecule has 0 amide bonds. The normalized spacial score (nSPS) is 14.5. The molecule has 188 valence electrons. The Kier molecular flexibility index (Phi) is 7.54. The van der Waals surface area contributed by atoms with Gasteiger partial charge in [-0.25, -0.2) is 0 Å². The van der Waals surface area contributed by atoms with Gasteiger partial charge in [-0.15, -0.1) is 5.10 Å². The van der Waals surface area contributed by atoms with Crippen molar-refractivity contribution >= 4 is 0 Å². The summed E-state index contributed by atoms with van der Waals surface area (Å²) in [4.78, 5) is 0. The number of nitrogens with zero attached hydrogens (tertiary/aromatic N) is 2. The van der Waals surface area contributed by atoms with E-state index in [0.29, 0.717) is 60.0 Å². The maximum Gasteiger partial charge on any atom is 0.244 e. The highest BCUT2D eigenvalue weighted by Crippen LogP contribution is 2.47. The number of aromatic nitrogens is 2. The first-order valence-corrected chi connectivity index (χ1v) is 11.9. The summed E-state index contributed by atoms with van der Waals surface area (Å²) in [5.74, 6) is 2.25. The molecule has 3 aromatic rings. The van der Waals surface area contributed by atoms with Gasteiger partial charge in [0.1, 0.15) is 11.6 Å². The van der Waals surface area contributed by atoms with Gasteiger partial charge in [0.05, 0.1) is 44.1 Å². The fraction of sp³-hybridized carbons (Fsp3) is 0.333. The largest absolute Gasteiger partial charge is 0.493 e. The first-order valence-electron chi connectivity index (χ1n) is 11.9. The number of hydrogen-bond acceptors (Lipinski definition) is 8. The van der Waals surface area contributed by atoms with Crippen molar-refractivity contribution in [3.8, 4) is 46.2 Å². The summed E-state index contributed by atoms with van der Waals surface area (Å²) in [5, 5.41) is 17.5. The second-order valence-corrected chi connectivity index (χ2v) is 8.03. The number of ether oxygens (including phenoxy) is 5. The minimum absolute atomic E-state index is 0.0154. The van der Waals surface area contributed by atoms with Gasteiger partial charge in [-0.1, -0.05) is 13.0 Å². The van der Waals surface area contributed by atoms with Gasteiger partial charge in [-0.05, 0) is 56.2 Å². The Morgan fingerprint density at radius 2 is 1.72 bits per heavy atom. The molecule has 0 saturated heterocycles. The molecule has 0 saturated carbocycles. The van der Waals surface area contributed by atoms with Crippen molar-refractivity contribution in [3.63, 3.8) is 0 Å². The topological polar surface area (TPSA) is 125 Å². The number of benzene rings is 2. The number of nitrogens with one attached hydrogen (secondary N) is 1. The maximum atomic E-state index is 10.0. The van der Waals surface area contributed by atoms with E-state index in [4.69, 9.17) is 29.4 Å². The minimum atomic E-state index is -0.538. The molecule has 2 aromatic carbocycles.